The van der Waals surface area contributed by atoms with Gasteiger partial charge < -0.3 is 9.47 Å². The number of aryl methyl sites for hydroxylation is 1. The molecule has 0 radical (unpaired) electrons. The number of pyridine rings is 1. The zero-order valence-electron chi connectivity index (χ0n) is 16.4. The molecule has 30 heavy (non-hydrogen) atoms. The van der Waals surface area contributed by atoms with Crippen molar-refractivity contribution in [2.45, 2.75) is 19.3 Å². The maximum Gasteiger partial charge on any atom is 0.220 e. The Labute approximate surface area is 185 Å². The highest BCUT2D eigenvalue weighted by molar-refractivity contribution is 6.38. The summed E-state index contributed by atoms with van der Waals surface area (Å²) >= 11 is 12.0. The quantitative estimate of drug-likeness (QED) is 0.266. The number of rotatable bonds is 9. The Bertz CT molecular complexity index is 993. The van der Waals surface area contributed by atoms with E-state index in [4.69, 9.17) is 32.7 Å². The summed E-state index contributed by atoms with van der Waals surface area (Å²) in [4.78, 5) is 7.76. The maximum absolute atomic E-state index is 14.7. The number of hydrogen-bond donors (Lipinski definition) is 0. The van der Waals surface area contributed by atoms with Gasteiger partial charge in [0.2, 0.25) is 5.97 Å². The number of benzene rings is 2. The van der Waals surface area contributed by atoms with E-state index in [1.165, 1.54) is 25.1 Å². The van der Waals surface area contributed by atoms with Crippen LogP contribution in [0.3, 0.4) is 0 Å². The van der Waals surface area contributed by atoms with Gasteiger partial charge in [-0.25, -0.2) is 4.99 Å². The van der Waals surface area contributed by atoms with E-state index in [1.807, 2.05) is 18.2 Å². The van der Waals surface area contributed by atoms with Crippen molar-refractivity contribution in [3.8, 4) is 11.5 Å². The van der Waals surface area contributed by atoms with Crippen LogP contribution in [-0.4, -0.2) is 24.7 Å². The summed E-state index contributed by atoms with van der Waals surface area (Å²) in [7, 11) is 1.54. The van der Waals surface area contributed by atoms with Gasteiger partial charge in [-0.2, -0.15) is 4.39 Å². The Morgan fingerprint density at radius 2 is 1.73 bits per heavy atom. The molecule has 0 spiro atoms. The first-order chi connectivity index (χ1) is 14.6. The SMILES string of the molecule is COc1ccc(C(F)=Nc2c(Cl)cncc2Cl)cc1OCCCCc1ccccc1. The predicted molar refractivity (Wildman–Crippen MR) is 119 cm³/mol. The lowest BCUT2D eigenvalue weighted by molar-refractivity contribution is 0.286. The molecular formula is C23H21Cl2FN2O2. The summed E-state index contributed by atoms with van der Waals surface area (Å²) in [5.74, 6) is 0.239. The lowest BCUT2D eigenvalue weighted by atomic mass is 10.1. The molecule has 1 heterocycles. The summed E-state index contributed by atoms with van der Waals surface area (Å²) in [5.41, 5.74) is 1.66. The molecule has 1 aromatic heterocycles. The molecular weight excluding hydrogens is 426 g/mol. The van der Waals surface area contributed by atoms with E-state index in [0.29, 0.717) is 18.1 Å². The van der Waals surface area contributed by atoms with Crippen molar-refractivity contribution in [3.63, 3.8) is 0 Å². The van der Waals surface area contributed by atoms with Gasteiger partial charge in [-0.1, -0.05) is 53.5 Å². The molecule has 0 aliphatic carbocycles. The van der Waals surface area contributed by atoms with Gasteiger partial charge in [-0.05, 0) is 43.0 Å². The number of aromatic nitrogens is 1. The second kappa shape index (κ2) is 11.0. The van der Waals surface area contributed by atoms with Crippen LogP contribution < -0.4 is 9.47 Å². The molecule has 2 aromatic carbocycles. The van der Waals surface area contributed by atoms with Crippen molar-refractivity contribution < 1.29 is 13.9 Å². The standard InChI is InChI=1S/C23H21Cl2FN2O2/c1-29-20-11-10-17(23(26)28-22-18(24)14-27-15-19(22)25)13-21(20)30-12-6-5-9-16-7-3-2-4-8-16/h2-4,7-8,10-11,13-15H,5-6,9,12H2,1H3. The molecule has 4 nitrogen and oxygen atoms in total. The largest absolute Gasteiger partial charge is 0.493 e. The monoisotopic (exact) mass is 446 g/mol. The summed E-state index contributed by atoms with van der Waals surface area (Å²) in [6.45, 7) is 0.493. The van der Waals surface area contributed by atoms with Crippen molar-refractivity contribution in [1.29, 1.82) is 0 Å². The zero-order chi connectivity index (χ0) is 21.3. The Balaban J connectivity index is 1.66. The molecule has 7 heteroatoms. The maximum atomic E-state index is 14.7. The van der Waals surface area contributed by atoms with Gasteiger partial charge in [0.1, 0.15) is 5.69 Å². The predicted octanol–water partition coefficient (Wildman–Crippen LogP) is 6.85. The average molecular weight is 447 g/mol. The first kappa shape index (κ1) is 22.1. The number of aliphatic imine (C=N–C) groups is 1. The normalized spacial score (nSPS) is 11.4. The number of ether oxygens (including phenoxy) is 2. The van der Waals surface area contributed by atoms with Crippen molar-refractivity contribution in [2.75, 3.05) is 13.7 Å². The van der Waals surface area contributed by atoms with Gasteiger partial charge in [-0.3, -0.25) is 4.98 Å². The molecule has 0 aliphatic heterocycles. The zero-order valence-corrected chi connectivity index (χ0v) is 18.0. The highest BCUT2D eigenvalue weighted by Gasteiger charge is 2.12. The fourth-order valence-corrected chi connectivity index (χ4v) is 3.30. The lowest BCUT2D eigenvalue weighted by Crippen LogP contribution is -2.02. The number of unbranched alkanes of at least 4 members (excludes halogenated alkanes) is 1. The third-order valence-corrected chi connectivity index (χ3v) is 4.95. The third kappa shape index (κ3) is 5.94. The van der Waals surface area contributed by atoms with E-state index in [2.05, 4.69) is 22.1 Å². The molecule has 0 fully saturated rings. The number of methoxy groups -OCH3 is 1. The molecule has 3 rings (SSSR count). The Morgan fingerprint density at radius 1 is 1.00 bits per heavy atom. The molecule has 0 aliphatic rings. The molecule has 0 N–H and O–H groups in total. The van der Waals surface area contributed by atoms with Gasteiger partial charge in [0.25, 0.3) is 0 Å². The summed E-state index contributed by atoms with van der Waals surface area (Å²) in [6.07, 6.45) is 5.55. The molecule has 0 unspecified atom stereocenters. The van der Waals surface area contributed by atoms with Crippen LogP contribution in [0.15, 0.2) is 65.9 Å². The lowest BCUT2D eigenvalue weighted by Gasteiger charge is -2.12. The Hall–Kier alpha value is -2.63. The van der Waals surface area contributed by atoms with E-state index < -0.39 is 5.97 Å². The van der Waals surface area contributed by atoms with Crippen molar-refractivity contribution in [2.24, 2.45) is 4.99 Å². The van der Waals surface area contributed by atoms with Crippen molar-refractivity contribution in [1.82, 2.24) is 4.98 Å². The number of halogens is 3. The van der Waals surface area contributed by atoms with Gasteiger partial charge in [0.15, 0.2) is 11.5 Å². The Kier molecular flexibility index (Phi) is 8.05. The fourth-order valence-electron chi connectivity index (χ4n) is 2.85. The first-order valence-electron chi connectivity index (χ1n) is 9.47. The molecule has 0 atom stereocenters. The molecule has 0 saturated carbocycles. The minimum absolute atomic E-state index is 0.130. The first-order valence-corrected chi connectivity index (χ1v) is 10.2. The molecule has 3 aromatic rings. The molecule has 0 amide bonds. The molecule has 0 saturated heterocycles. The second-order valence-electron chi connectivity index (χ2n) is 6.51. The van der Waals surface area contributed by atoms with Gasteiger partial charge in [0, 0.05) is 18.0 Å². The van der Waals surface area contributed by atoms with Crippen molar-refractivity contribution in [3.05, 3.63) is 82.1 Å². The van der Waals surface area contributed by atoms with Crippen LogP contribution in [0.2, 0.25) is 10.0 Å². The van der Waals surface area contributed by atoms with E-state index in [-0.39, 0.29) is 21.3 Å². The summed E-state index contributed by atoms with van der Waals surface area (Å²) in [5, 5.41) is 0.335. The van der Waals surface area contributed by atoms with E-state index >= 15 is 0 Å². The van der Waals surface area contributed by atoms with Crippen LogP contribution in [0, 0.1) is 0 Å². The molecule has 156 valence electrons. The second-order valence-corrected chi connectivity index (χ2v) is 7.33. The van der Waals surface area contributed by atoms with Gasteiger partial charge in [-0.15, -0.1) is 0 Å². The fraction of sp³-hybridized carbons (Fsp3) is 0.217. The minimum atomic E-state index is -0.735. The van der Waals surface area contributed by atoms with E-state index in [0.717, 1.165) is 19.3 Å². The topological polar surface area (TPSA) is 43.7 Å². The van der Waals surface area contributed by atoms with Crippen LogP contribution >= 0.6 is 23.2 Å². The van der Waals surface area contributed by atoms with Gasteiger partial charge in [0.05, 0.1) is 23.8 Å². The van der Waals surface area contributed by atoms with E-state index in [1.54, 1.807) is 18.2 Å². The average Bonchev–Trinajstić information content (AvgIpc) is 2.76. The highest BCUT2D eigenvalue weighted by Crippen LogP contribution is 2.34. The Morgan fingerprint density at radius 3 is 2.43 bits per heavy atom. The van der Waals surface area contributed by atoms with Crippen LogP contribution in [-0.2, 0) is 6.42 Å². The van der Waals surface area contributed by atoms with Crippen molar-refractivity contribution >= 4 is 34.9 Å². The smallest absolute Gasteiger partial charge is 0.220 e. The minimum Gasteiger partial charge on any atom is -0.493 e. The van der Waals surface area contributed by atoms with E-state index in [9.17, 15) is 4.39 Å². The highest BCUT2D eigenvalue weighted by atomic mass is 35.5. The summed E-state index contributed by atoms with van der Waals surface area (Å²) < 4.78 is 25.9. The summed E-state index contributed by atoms with van der Waals surface area (Å²) in [6, 6.07) is 15.0. The van der Waals surface area contributed by atoms with Crippen LogP contribution in [0.25, 0.3) is 0 Å². The number of hydrogen-bond acceptors (Lipinski definition) is 4. The van der Waals surface area contributed by atoms with Crippen LogP contribution in [0.1, 0.15) is 24.0 Å². The van der Waals surface area contributed by atoms with Gasteiger partial charge >= 0.3 is 0 Å². The molecule has 0 bridgehead atoms. The van der Waals surface area contributed by atoms with Crippen LogP contribution in [0.4, 0.5) is 10.1 Å². The van der Waals surface area contributed by atoms with Crippen LogP contribution in [0.5, 0.6) is 11.5 Å². The number of nitrogens with zero attached hydrogens (tertiary/aromatic N) is 2. The third-order valence-electron chi connectivity index (χ3n) is 4.40.